The topological polar surface area (TPSA) is 142 Å². The second-order valence-electron chi connectivity index (χ2n) is 5.10. The molecule has 0 heterocycles. The van der Waals surface area contributed by atoms with E-state index in [1.54, 1.807) is 18.2 Å². The molecule has 0 aliphatic heterocycles. The first kappa shape index (κ1) is 18.4. The Morgan fingerprint density at radius 3 is 2.60 bits per heavy atom. The largest absolute Gasteiger partial charge is 0.484 e. The number of nitrogens with zero attached hydrogens (tertiary/aromatic N) is 1. The van der Waals surface area contributed by atoms with Crippen LogP contribution in [0.1, 0.15) is 5.56 Å². The van der Waals surface area contributed by atoms with Gasteiger partial charge in [0.2, 0.25) is 10.0 Å². The molecule has 0 saturated carbocycles. The number of nitro groups is 1. The zero-order chi connectivity index (χ0) is 18.4. The maximum Gasteiger partial charge on any atom is 0.273 e. The Morgan fingerprint density at radius 2 is 1.92 bits per heavy atom. The summed E-state index contributed by atoms with van der Waals surface area (Å²) in [6.07, 6.45) is 0. The molecule has 0 saturated heterocycles. The zero-order valence-electron chi connectivity index (χ0n) is 12.9. The Kier molecular flexibility index (Phi) is 5.67. The van der Waals surface area contributed by atoms with E-state index in [1.807, 2.05) is 0 Å². The molecule has 9 nitrogen and oxygen atoms in total. The number of carbonyl (C=O) groups excluding carboxylic acids is 1. The van der Waals surface area contributed by atoms with Crippen LogP contribution in [0.2, 0.25) is 0 Å². The van der Waals surface area contributed by atoms with Crippen molar-refractivity contribution in [2.24, 2.45) is 5.14 Å². The fourth-order valence-corrected chi connectivity index (χ4v) is 2.65. The fourth-order valence-electron chi connectivity index (χ4n) is 2.00. The van der Waals surface area contributed by atoms with Crippen molar-refractivity contribution >= 4 is 27.3 Å². The van der Waals surface area contributed by atoms with Crippen LogP contribution in [-0.4, -0.2) is 25.9 Å². The van der Waals surface area contributed by atoms with Crippen LogP contribution in [0.15, 0.2) is 48.5 Å². The van der Waals surface area contributed by atoms with Crippen molar-refractivity contribution in [1.29, 1.82) is 0 Å². The van der Waals surface area contributed by atoms with E-state index in [-0.39, 0.29) is 23.8 Å². The average Bonchev–Trinajstić information content (AvgIpc) is 2.52. The number of amides is 1. The van der Waals surface area contributed by atoms with Crippen molar-refractivity contribution in [3.05, 3.63) is 64.2 Å². The van der Waals surface area contributed by atoms with E-state index >= 15 is 0 Å². The van der Waals surface area contributed by atoms with Crippen molar-refractivity contribution in [3.8, 4) is 5.75 Å². The highest BCUT2D eigenvalue weighted by Crippen LogP contribution is 2.19. The summed E-state index contributed by atoms with van der Waals surface area (Å²) in [6.45, 7) is -0.361. The lowest BCUT2D eigenvalue weighted by Gasteiger charge is -2.08. The lowest BCUT2D eigenvalue weighted by molar-refractivity contribution is -0.384. The van der Waals surface area contributed by atoms with E-state index in [2.05, 4.69) is 5.32 Å². The third-order valence-corrected chi connectivity index (χ3v) is 3.71. The summed E-state index contributed by atoms with van der Waals surface area (Å²) in [5.41, 5.74) is 0.669. The Morgan fingerprint density at radius 1 is 1.20 bits per heavy atom. The van der Waals surface area contributed by atoms with Crippen molar-refractivity contribution in [1.82, 2.24) is 0 Å². The second-order valence-corrected chi connectivity index (χ2v) is 6.71. The van der Waals surface area contributed by atoms with Gasteiger partial charge in [-0.05, 0) is 23.8 Å². The Hall–Kier alpha value is -2.98. The lowest BCUT2D eigenvalue weighted by Crippen LogP contribution is -2.20. The second kappa shape index (κ2) is 7.73. The number of hydrogen-bond acceptors (Lipinski definition) is 6. The van der Waals surface area contributed by atoms with Gasteiger partial charge in [0.05, 0.1) is 16.7 Å². The molecule has 0 atom stereocenters. The number of rotatable bonds is 7. The molecule has 0 unspecified atom stereocenters. The van der Waals surface area contributed by atoms with Gasteiger partial charge >= 0.3 is 0 Å². The predicted molar refractivity (Wildman–Crippen MR) is 90.5 cm³/mol. The normalized spacial score (nSPS) is 10.9. The van der Waals surface area contributed by atoms with E-state index in [1.165, 1.54) is 30.3 Å². The summed E-state index contributed by atoms with van der Waals surface area (Å²) in [6, 6.07) is 11.7. The molecule has 2 aromatic carbocycles. The summed E-state index contributed by atoms with van der Waals surface area (Å²) in [4.78, 5) is 22.0. The van der Waals surface area contributed by atoms with Crippen LogP contribution >= 0.6 is 0 Å². The molecule has 2 rings (SSSR count). The SMILES string of the molecule is NS(=O)(=O)Cc1cccc(NC(=O)COc2cccc([N+](=O)[O-])c2)c1. The number of non-ortho nitro benzene ring substituents is 1. The van der Waals surface area contributed by atoms with E-state index in [4.69, 9.17) is 9.88 Å². The summed E-state index contributed by atoms with van der Waals surface area (Å²) in [7, 11) is -3.67. The number of nitro benzene ring substituents is 1. The van der Waals surface area contributed by atoms with Gasteiger partial charge in [0, 0.05) is 11.8 Å². The standard InChI is InChI=1S/C15H15N3O6S/c16-25(22,23)10-11-3-1-4-12(7-11)17-15(19)9-24-14-6-2-5-13(8-14)18(20)21/h1-8H,9-10H2,(H,17,19)(H2,16,22,23). The molecule has 2 aromatic rings. The van der Waals surface area contributed by atoms with Crippen molar-refractivity contribution in [2.45, 2.75) is 5.75 Å². The quantitative estimate of drug-likeness (QED) is 0.561. The first-order chi connectivity index (χ1) is 11.7. The van der Waals surface area contributed by atoms with Crippen molar-refractivity contribution in [3.63, 3.8) is 0 Å². The number of ether oxygens (including phenoxy) is 1. The smallest absolute Gasteiger partial charge is 0.273 e. The van der Waals surface area contributed by atoms with E-state index in [0.29, 0.717) is 11.3 Å². The van der Waals surface area contributed by atoms with Crippen LogP contribution in [0.4, 0.5) is 11.4 Å². The molecule has 0 aliphatic rings. The number of hydrogen-bond donors (Lipinski definition) is 2. The van der Waals surface area contributed by atoms with Crippen LogP contribution in [0.3, 0.4) is 0 Å². The van der Waals surface area contributed by atoms with Gasteiger partial charge in [0.25, 0.3) is 11.6 Å². The van der Waals surface area contributed by atoms with E-state index in [9.17, 15) is 23.3 Å². The molecule has 3 N–H and O–H groups in total. The predicted octanol–water partition coefficient (Wildman–Crippen LogP) is 1.40. The number of benzene rings is 2. The summed E-state index contributed by atoms with van der Waals surface area (Å²) >= 11 is 0. The molecule has 1 amide bonds. The van der Waals surface area contributed by atoms with Crippen LogP contribution in [0.25, 0.3) is 0 Å². The van der Waals surface area contributed by atoms with Crippen LogP contribution in [0, 0.1) is 10.1 Å². The minimum Gasteiger partial charge on any atom is -0.484 e. The molecule has 0 fully saturated rings. The minimum absolute atomic E-state index is 0.145. The molecule has 0 aromatic heterocycles. The van der Waals surface area contributed by atoms with E-state index in [0.717, 1.165) is 0 Å². The van der Waals surface area contributed by atoms with Gasteiger partial charge in [0.1, 0.15) is 5.75 Å². The average molecular weight is 365 g/mol. The third kappa shape index (κ3) is 6.20. The lowest BCUT2D eigenvalue weighted by atomic mass is 10.2. The van der Waals surface area contributed by atoms with Crippen molar-refractivity contribution < 1.29 is 22.9 Å². The first-order valence-corrected chi connectivity index (χ1v) is 8.71. The highest BCUT2D eigenvalue weighted by Gasteiger charge is 2.10. The van der Waals surface area contributed by atoms with Crippen LogP contribution < -0.4 is 15.2 Å². The molecular weight excluding hydrogens is 350 g/mol. The highest BCUT2D eigenvalue weighted by molar-refractivity contribution is 7.88. The van der Waals surface area contributed by atoms with Crippen molar-refractivity contribution in [2.75, 3.05) is 11.9 Å². The summed E-state index contributed by atoms with van der Waals surface area (Å²) < 4.78 is 27.4. The van der Waals surface area contributed by atoms with Gasteiger partial charge in [-0.2, -0.15) is 0 Å². The highest BCUT2D eigenvalue weighted by atomic mass is 32.2. The number of nitrogens with two attached hydrogens (primary N) is 1. The van der Waals surface area contributed by atoms with E-state index < -0.39 is 20.9 Å². The monoisotopic (exact) mass is 365 g/mol. The molecule has 10 heteroatoms. The van der Waals surface area contributed by atoms with Gasteiger partial charge in [-0.15, -0.1) is 0 Å². The number of primary sulfonamides is 1. The van der Waals surface area contributed by atoms with Crippen LogP contribution in [-0.2, 0) is 20.6 Å². The zero-order valence-corrected chi connectivity index (χ0v) is 13.7. The minimum atomic E-state index is -3.67. The van der Waals surface area contributed by atoms with Gasteiger partial charge in [-0.25, -0.2) is 13.6 Å². The fraction of sp³-hybridized carbons (Fsp3) is 0.133. The molecule has 0 aliphatic carbocycles. The van der Waals surface area contributed by atoms with Gasteiger partial charge in [0.15, 0.2) is 6.61 Å². The first-order valence-electron chi connectivity index (χ1n) is 6.99. The number of nitrogens with one attached hydrogen (secondary N) is 1. The molecule has 0 bridgehead atoms. The molecular formula is C15H15N3O6S. The van der Waals surface area contributed by atoms with Gasteiger partial charge in [-0.1, -0.05) is 18.2 Å². The Balaban J connectivity index is 1.95. The molecule has 25 heavy (non-hydrogen) atoms. The molecule has 0 spiro atoms. The van der Waals surface area contributed by atoms with Crippen LogP contribution in [0.5, 0.6) is 5.75 Å². The third-order valence-electron chi connectivity index (χ3n) is 2.98. The summed E-state index contributed by atoms with van der Waals surface area (Å²) in [5, 5.41) is 18.2. The Bertz CT molecular complexity index is 898. The summed E-state index contributed by atoms with van der Waals surface area (Å²) in [5.74, 6) is -0.660. The molecule has 132 valence electrons. The number of anilines is 1. The number of carbonyl (C=O) groups is 1. The van der Waals surface area contributed by atoms with Gasteiger partial charge < -0.3 is 10.1 Å². The maximum atomic E-state index is 11.9. The maximum absolute atomic E-state index is 11.9. The number of sulfonamides is 1. The Labute approximate surface area is 143 Å². The van der Waals surface area contributed by atoms with Gasteiger partial charge in [-0.3, -0.25) is 14.9 Å². The molecule has 0 radical (unpaired) electrons.